The van der Waals surface area contributed by atoms with Gasteiger partial charge in [-0.25, -0.2) is 9.37 Å². The van der Waals surface area contributed by atoms with Gasteiger partial charge in [-0.3, -0.25) is 4.79 Å². The molecule has 1 aromatic carbocycles. The lowest BCUT2D eigenvalue weighted by molar-refractivity contribution is -0.174. The number of ether oxygens (including phenoxy) is 1. The highest BCUT2D eigenvalue weighted by Crippen LogP contribution is 2.33. The van der Waals surface area contributed by atoms with Crippen LogP contribution >= 0.6 is 11.6 Å². The van der Waals surface area contributed by atoms with Gasteiger partial charge in [-0.1, -0.05) is 17.7 Å². The van der Waals surface area contributed by atoms with E-state index in [2.05, 4.69) is 9.97 Å². The third-order valence-electron chi connectivity index (χ3n) is 4.81. The number of nitrogens with one attached hydrogen (secondary N) is 1. The Labute approximate surface area is 174 Å². The summed E-state index contributed by atoms with van der Waals surface area (Å²) in [4.78, 5) is 21.1. The maximum atomic E-state index is 14.2. The van der Waals surface area contributed by atoms with Crippen LogP contribution in [0.3, 0.4) is 0 Å². The van der Waals surface area contributed by atoms with Gasteiger partial charge in [0.2, 0.25) is 5.95 Å². The fourth-order valence-electron chi connectivity index (χ4n) is 3.45. The summed E-state index contributed by atoms with van der Waals surface area (Å²) in [5.74, 6) is -3.05. The lowest BCUT2D eigenvalue weighted by Crippen LogP contribution is -2.54. The standard InChI is InChI=1S/C18H18ClF4N5O2/c1-30-13-3-2-9(6-11(13)20)10-4-5-28(15-7-14(19)26-17(24)27-15)8-12(10)25-16(29)18(21,22)23/h2-3,6-7,10,12H,4-5,8H2,1H3,(H,25,29)(H2,24,26,27). The molecule has 2 aromatic rings. The topological polar surface area (TPSA) is 93.4 Å². The van der Waals surface area contributed by atoms with Gasteiger partial charge in [0.05, 0.1) is 13.2 Å². The van der Waals surface area contributed by atoms with E-state index < -0.39 is 29.9 Å². The van der Waals surface area contributed by atoms with Crippen molar-refractivity contribution in [1.82, 2.24) is 15.3 Å². The van der Waals surface area contributed by atoms with Crippen molar-refractivity contribution in [3.05, 3.63) is 40.8 Å². The number of hydrogen-bond donors (Lipinski definition) is 2. The Hall–Kier alpha value is -2.82. The van der Waals surface area contributed by atoms with Gasteiger partial charge in [0.25, 0.3) is 0 Å². The second kappa shape index (κ2) is 8.50. The number of alkyl halides is 3. The number of aromatic nitrogens is 2. The van der Waals surface area contributed by atoms with Crippen LogP contribution in [0.5, 0.6) is 5.75 Å². The normalized spacial score (nSPS) is 19.5. The molecule has 3 N–H and O–H groups in total. The van der Waals surface area contributed by atoms with Crippen molar-refractivity contribution in [2.24, 2.45) is 0 Å². The van der Waals surface area contributed by atoms with E-state index in [-0.39, 0.29) is 23.4 Å². The number of nitrogen functional groups attached to an aromatic ring is 1. The van der Waals surface area contributed by atoms with Gasteiger partial charge in [-0.15, -0.1) is 0 Å². The molecule has 1 amide bonds. The fraction of sp³-hybridized carbons (Fsp3) is 0.389. The monoisotopic (exact) mass is 447 g/mol. The van der Waals surface area contributed by atoms with E-state index in [4.69, 9.17) is 22.1 Å². The Balaban J connectivity index is 1.91. The van der Waals surface area contributed by atoms with Crippen molar-refractivity contribution in [3.8, 4) is 5.75 Å². The molecule has 1 saturated heterocycles. The predicted molar refractivity (Wildman–Crippen MR) is 102 cm³/mol. The van der Waals surface area contributed by atoms with Gasteiger partial charge in [-0.05, 0) is 24.1 Å². The number of anilines is 2. The SMILES string of the molecule is COc1ccc(C2CCN(c3cc(Cl)nc(N)n3)CC2NC(=O)C(F)(F)F)cc1F. The first-order valence-corrected chi connectivity index (χ1v) is 9.22. The molecule has 30 heavy (non-hydrogen) atoms. The van der Waals surface area contributed by atoms with Crippen LogP contribution in [0.1, 0.15) is 17.9 Å². The van der Waals surface area contributed by atoms with E-state index in [1.165, 1.54) is 25.3 Å². The van der Waals surface area contributed by atoms with Crippen LogP contribution in [-0.2, 0) is 4.79 Å². The maximum absolute atomic E-state index is 14.2. The van der Waals surface area contributed by atoms with Gasteiger partial charge in [0, 0.05) is 25.1 Å². The number of hydrogen-bond acceptors (Lipinski definition) is 6. The van der Waals surface area contributed by atoms with Crippen molar-refractivity contribution in [2.75, 3.05) is 30.8 Å². The zero-order chi connectivity index (χ0) is 22.1. The average molecular weight is 448 g/mol. The minimum Gasteiger partial charge on any atom is -0.494 e. The summed E-state index contributed by atoms with van der Waals surface area (Å²) >= 11 is 5.89. The Kier molecular flexibility index (Phi) is 6.20. The van der Waals surface area contributed by atoms with Gasteiger partial charge >= 0.3 is 12.1 Å². The zero-order valence-corrected chi connectivity index (χ0v) is 16.5. The van der Waals surface area contributed by atoms with Crippen molar-refractivity contribution in [2.45, 2.75) is 24.6 Å². The lowest BCUT2D eigenvalue weighted by Gasteiger charge is -2.40. The number of nitrogens with two attached hydrogens (primary N) is 1. The summed E-state index contributed by atoms with van der Waals surface area (Å²) in [5, 5.41) is 2.09. The number of nitrogens with zero attached hydrogens (tertiary/aromatic N) is 3. The first-order chi connectivity index (χ1) is 14.1. The number of halogens is 5. The quantitative estimate of drug-likeness (QED) is 0.553. The van der Waals surface area contributed by atoms with E-state index in [9.17, 15) is 22.4 Å². The second-order valence-electron chi connectivity index (χ2n) is 6.72. The van der Waals surface area contributed by atoms with Crippen molar-refractivity contribution >= 4 is 29.3 Å². The molecule has 0 aliphatic carbocycles. The van der Waals surface area contributed by atoms with E-state index in [1.807, 2.05) is 5.32 Å². The highest BCUT2D eigenvalue weighted by atomic mass is 35.5. The summed E-state index contributed by atoms with van der Waals surface area (Å²) in [7, 11) is 1.31. The molecule has 0 spiro atoms. The largest absolute Gasteiger partial charge is 0.494 e. The van der Waals surface area contributed by atoms with E-state index in [0.29, 0.717) is 24.3 Å². The minimum atomic E-state index is -5.05. The Morgan fingerprint density at radius 3 is 2.67 bits per heavy atom. The number of amides is 1. The predicted octanol–water partition coefficient (Wildman–Crippen LogP) is 2.90. The van der Waals surface area contributed by atoms with Gasteiger partial charge < -0.3 is 20.7 Å². The fourth-order valence-corrected chi connectivity index (χ4v) is 3.64. The van der Waals surface area contributed by atoms with E-state index in [1.54, 1.807) is 11.0 Å². The third kappa shape index (κ3) is 4.84. The summed E-state index contributed by atoms with van der Waals surface area (Å²) in [6, 6.07) is 4.61. The molecule has 3 rings (SSSR count). The highest BCUT2D eigenvalue weighted by molar-refractivity contribution is 6.29. The van der Waals surface area contributed by atoms with Crippen molar-refractivity contribution < 1.29 is 27.1 Å². The number of methoxy groups -OCH3 is 1. The molecule has 12 heteroatoms. The molecular weight excluding hydrogens is 430 g/mol. The molecule has 1 fully saturated rings. The average Bonchev–Trinajstić information content (AvgIpc) is 2.66. The Morgan fingerprint density at radius 1 is 1.33 bits per heavy atom. The van der Waals surface area contributed by atoms with Gasteiger partial charge in [0.15, 0.2) is 11.6 Å². The summed E-state index contributed by atoms with van der Waals surface area (Å²) in [5.41, 5.74) is 6.04. The van der Waals surface area contributed by atoms with Crippen LogP contribution in [0.2, 0.25) is 5.15 Å². The van der Waals surface area contributed by atoms with Crippen LogP contribution in [0.15, 0.2) is 24.3 Å². The second-order valence-corrected chi connectivity index (χ2v) is 7.11. The molecule has 1 aromatic heterocycles. The van der Waals surface area contributed by atoms with Crippen molar-refractivity contribution in [3.63, 3.8) is 0 Å². The highest BCUT2D eigenvalue weighted by Gasteiger charge is 2.42. The molecule has 0 saturated carbocycles. The van der Waals surface area contributed by atoms with Crippen LogP contribution in [-0.4, -0.2) is 48.3 Å². The Bertz CT molecular complexity index is 923. The minimum absolute atomic E-state index is 0.0122. The molecule has 1 aliphatic heterocycles. The number of piperidine rings is 1. The molecule has 7 nitrogen and oxygen atoms in total. The van der Waals surface area contributed by atoms with Gasteiger partial charge in [0.1, 0.15) is 11.0 Å². The molecular formula is C18H18ClF4N5O2. The molecule has 1 aliphatic rings. The van der Waals surface area contributed by atoms with Crippen LogP contribution in [0, 0.1) is 5.82 Å². The lowest BCUT2D eigenvalue weighted by atomic mass is 9.85. The van der Waals surface area contributed by atoms with E-state index >= 15 is 0 Å². The zero-order valence-electron chi connectivity index (χ0n) is 15.7. The third-order valence-corrected chi connectivity index (χ3v) is 5.01. The van der Waals surface area contributed by atoms with Gasteiger partial charge in [-0.2, -0.15) is 18.2 Å². The number of benzene rings is 1. The number of rotatable bonds is 4. The molecule has 2 atom stereocenters. The number of carbonyl (C=O) groups is 1. The molecule has 162 valence electrons. The molecule has 0 bridgehead atoms. The number of carbonyl (C=O) groups excluding carboxylic acids is 1. The first kappa shape index (κ1) is 21.9. The summed E-state index contributed by atoms with van der Waals surface area (Å²) < 4.78 is 57.6. The van der Waals surface area contributed by atoms with Crippen molar-refractivity contribution in [1.29, 1.82) is 0 Å². The Morgan fingerprint density at radius 2 is 2.07 bits per heavy atom. The van der Waals surface area contributed by atoms with Crippen LogP contribution in [0.25, 0.3) is 0 Å². The van der Waals surface area contributed by atoms with Crippen LogP contribution in [0.4, 0.5) is 29.3 Å². The first-order valence-electron chi connectivity index (χ1n) is 8.84. The summed E-state index contributed by atoms with van der Waals surface area (Å²) in [6.45, 7) is 0.344. The molecule has 2 heterocycles. The summed E-state index contributed by atoms with van der Waals surface area (Å²) in [6.07, 6.45) is -4.74. The molecule has 2 unspecified atom stereocenters. The molecule has 0 radical (unpaired) electrons. The van der Waals surface area contributed by atoms with E-state index in [0.717, 1.165) is 0 Å². The smallest absolute Gasteiger partial charge is 0.471 e. The maximum Gasteiger partial charge on any atom is 0.471 e. The van der Waals surface area contributed by atoms with Crippen LogP contribution < -0.4 is 20.7 Å².